The zero-order valence-electron chi connectivity index (χ0n) is 12.6. The Labute approximate surface area is 128 Å². The summed E-state index contributed by atoms with van der Waals surface area (Å²) < 4.78 is 26.8. The Kier molecular flexibility index (Phi) is 5.46. The van der Waals surface area contributed by atoms with E-state index in [-0.39, 0.29) is 17.4 Å². The van der Waals surface area contributed by atoms with Crippen LogP contribution < -0.4 is 5.32 Å². The Morgan fingerprint density at radius 1 is 1.27 bits per heavy atom. The van der Waals surface area contributed by atoms with Crippen molar-refractivity contribution >= 4 is 11.8 Å². The van der Waals surface area contributed by atoms with E-state index >= 15 is 0 Å². The number of nitrogens with one attached hydrogen (secondary N) is 1. The van der Waals surface area contributed by atoms with Crippen molar-refractivity contribution in [1.29, 1.82) is 0 Å². The molecule has 0 aromatic heterocycles. The summed E-state index contributed by atoms with van der Waals surface area (Å²) in [5.41, 5.74) is -0.256. The molecule has 1 aromatic carbocycles. The number of nitrogens with zero attached hydrogens (tertiary/aromatic N) is 1. The topological polar surface area (TPSA) is 49.4 Å². The Hall–Kier alpha value is -1.98. The van der Waals surface area contributed by atoms with Crippen molar-refractivity contribution in [2.45, 2.75) is 26.2 Å². The van der Waals surface area contributed by atoms with Crippen molar-refractivity contribution in [3.8, 4) is 0 Å². The third-order valence-electron chi connectivity index (χ3n) is 3.86. The van der Waals surface area contributed by atoms with Crippen LogP contribution in [0.25, 0.3) is 0 Å². The van der Waals surface area contributed by atoms with Crippen LogP contribution in [0.1, 0.15) is 36.5 Å². The van der Waals surface area contributed by atoms with E-state index in [9.17, 15) is 18.4 Å². The molecule has 1 aromatic rings. The highest BCUT2D eigenvalue weighted by molar-refractivity contribution is 5.94. The number of halogens is 2. The van der Waals surface area contributed by atoms with Gasteiger partial charge in [-0.2, -0.15) is 0 Å². The molecule has 0 bridgehead atoms. The maximum atomic E-state index is 13.6. The van der Waals surface area contributed by atoms with Crippen molar-refractivity contribution in [2.24, 2.45) is 5.92 Å². The van der Waals surface area contributed by atoms with Gasteiger partial charge in [-0.05, 0) is 37.5 Å². The maximum Gasteiger partial charge on any atom is 0.256 e. The van der Waals surface area contributed by atoms with Crippen LogP contribution in [0.2, 0.25) is 0 Å². The van der Waals surface area contributed by atoms with Crippen molar-refractivity contribution in [1.82, 2.24) is 10.2 Å². The molecule has 6 heteroatoms. The van der Waals surface area contributed by atoms with Crippen LogP contribution >= 0.6 is 0 Å². The second kappa shape index (κ2) is 7.33. The lowest BCUT2D eigenvalue weighted by atomic mass is 9.95. The number of amides is 2. The molecule has 2 rings (SSSR count). The van der Waals surface area contributed by atoms with Gasteiger partial charge in [-0.25, -0.2) is 8.78 Å². The molecular weight excluding hydrogens is 290 g/mol. The summed E-state index contributed by atoms with van der Waals surface area (Å²) in [6, 6.07) is 2.85. The summed E-state index contributed by atoms with van der Waals surface area (Å²) in [6.45, 7) is 3.37. The van der Waals surface area contributed by atoms with Crippen molar-refractivity contribution in [2.75, 3.05) is 19.6 Å². The normalized spacial score (nSPS) is 15.7. The van der Waals surface area contributed by atoms with Gasteiger partial charge in [0.15, 0.2) is 0 Å². The first-order valence-electron chi connectivity index (χ1n) is 7.55. The largest absolute Gasteiger partial charge is 0.356 e. The van der Waals surface area contributed by atoms with Gasteiger partial charge in [0.1, 0.15) is 11.6 Å². The smallest absolute Gasteiger partial charge is 0.256 e. The second-order valence-electron chi connectivity index (χ2n) is 5.48. The lowest BCUT2D eigenvalue weighted by molar-refractivity contribution is -0.126. The van der Waals surface area contributed by atoms with E-state index in [4.69, 9.17) is 0 Å². The van der Waals surface area contributed by atoms with Crippen LogP contribution in [-0.4, -0.2) is 36.3 Å². The first-order valence-corrected chi connectivity index (χ1v) is 7.55. The summed E-state index contributed by atoms with van der Waals surface area (Å²) >= 11 is 0. The summed E-state index contributed by atoms with van der Waals surface area (Å²) in [6.07, 6.45) is 1.96. The molecule has 22 heavy (non-hydrogen) atoms. The van der Waals surface area contributed by atoms with E-state index in [1.54, 1.807) is 0 Å². The summed E-state index contributed by atoms with van der Waals surface area (Å²) in [4.78, 5) is 25.6. The highest BCUT2D eigenvalue weighted by atomic mass is 19.1. The molecule has 1 fully saturated rings. The summed E-state index contributed by atoms with van der Waals surface area (Å²) in [5.74, 6) is -2.00. The molecule has 0 unspecified atom stereocenters. The van der Waals surface area contributed by atoms with Gasteiger partial charge in [0.25, 0.3) is 5.91 Å². The van der Waals surface area contributed by atoms with Crippen LogP contribution in [0.4, 0.5) is 8.78 Å². The minimum absolute atomic E-state index is 0.00545. The molecule has 0 saturated carbocycles. The number of hydrogen-bond acceptors (Lipinski definition) is 2. The first kappa shape index (κ1) is 16.4. The molecule has 0 spiro atoms. The number of carbonyl (C=O) groups is 2. The average molecular weight is 310 g/mol. The third kappa shape index (κ3) is 3.81. The number of likely N-dealkylation sites (tertiary alicyclic amines) is 1. The van der Waals surface area contributed by atoms with Gasteiger partial charge >= 0.3 is 0 Å². The van der Waals surface area contributed by atoms with Crippen molar-refractivity contribution in [3.63, 3.8) is 0 Å². The Balaban J connectivity index is 1.95. The van der Waals surface area contributed by atoms with Gasteiger partial charge in [0.05, 0.1) is 5.56 Å². The molecule has 2 amide bonds. The van der Waals surface area contributed by atoms with E-state index in [2.05, 4.69) is 5.32 Å². The van der Waals surface area contributed by atoms with Crippen molar-refractivity contribution < 1.29 is 18.4 Å². The fourth-order valence-corrected chi connectivity index (χ4v) is 2.57. The Bertz CT molecular complexity index is 555. The molecule has 1 aliphatic heterocycles. The molecular formula is C16H20F2N2O2. The quantitative estimate of drug-likeness (QED) is 0.928. The first-order chi connectivity index (χ1) is 10.5. The van der Waals surface area contributed by atoms with Crippen LogP contribution in [0.3, 0.4) is 0 Å². The van der Waals surface area contributed by atoms with E-state index in [0.717, 1.165) is 24.6 Å². The van der Waals surface area contributed by atoms with E-state index in [0.29, 0.717) is 32.5 Å². The molecule has 0 aliphatic carbocycles. The molecule has 1 aliphatic rings. The van der Waals surface area contributed by atoms with E-state index in [1.807, 2.05) is 6.92 Å². The van der Waals surface area contributed by atoms with Crippen molar-refractivity contribution in [3.05, 3.63) is 35.4 Å². The molecule has 120 valence electrons. The van der Waals surface area contributed by atoms with Crippen LogP contribution in [0.15, 0.2) is 18.2 Å². The summed E-state index contributed by atoms with van der Waals surface area (Å²) in [5, 5.41) is 2.84. The SMILES string of the molecule is CCCNC(=O)C1CCN(C(=O)c2cc(F)ccc2F)CC1. The average Bonchev–Trinajstić information content (AvgIpc) is 2.54. The maximum absolute atomic E-state index is 13.6. The van der Waals surface area contributed by atoms with E-state index < -0.39 is 17.5 Å². The molecule has 1 N–H and O–H groups in total. The van der Waals surface area contributed by atoms with Gasteiger partial charge in [-0.1, -0.05) is 6.92 Å². The van der Waals surface area contributed by atoms with Gasteiger partial charge in [0.2, 0.25) is 5.91 Å². The highest BCUT2D eigenvalue weighted by Crippen LogP contribution is 2.20. The van der Waals surface area contributed by atoms with Crippen LogP contribution in [0, 0.1) is 17.6 Å². The third-order valence-corrected chi connectivity index (χ3v) is 3.86. The number of piperidine rings is 1. The van der Waals surface area contributed by atoms with Gasteiger partial charge in [-0.15, -0.1) is 0 Å². The predicted octanol–water partition coefficient (Wildman–Crippen LogP) is 2.34. The minimum Gasteiger partial charge on any atom is -0.356 e. The lowest BCUT2D eigenvalue weighted by Crippen LogP contribution is -2.43. The standard InChI is InChI=1S/C16H20F2N2O2/c1-2-7-19-15(21)11-5-8-20(9-6-11)16(22)13-10-12(17)3-4-14(13)18/h3-4,10-11H,2,5-9H2,1H3,(H,19,21). The fraction of sp³-hybridized carbons (Fsp3) is 0.500. The number of benzene rings is 1. The molecule has 4 nitrogen and oxygen atoms in total. The van der Waals surface area contributed by atoms with Gasteiger partial charge < -0.3 is 10.2 Å². The van der Waals surface area contributed by atoms with Crippen LogP contribution in [-0.2, 0) is 4.79 Å². The number of carbonyl (C=O) groups excluding carboxylic acids is 2. The molecule has 1 heterocycles. The molecule has 0 radical (unpaired) electrons. The molecule has 1 saturated heterocycles. The van der Waals surface area contributed by atoms with E-state index in [1.165, 1.54) is 4.90 Å². The number of rotatable bonds is 4. The molecule has 0 atom stereocenters. The minimum atomic E-state index is -0.728. The zero-order chi connectivity index (χ0) is 16.1. The second-order valence-corrected chi connectivity index (χ2v) is 5.48. The van der Waals surface area contributed by atoms with Crippen LogP contribution in [0.5, 0.6) is 0 Å². The van der Waals surface area contributed by atoms with Gasteiger partial charge in [0, 0.05) is 25.6 Å². The predicted molar refractivity (Wildman–Crippen MR) is 78.3 cm³/mol. The Morgan fingerprint density at radius 3 is 2.59 bits per heavy atom. The number of hydrogen-bond donors (Lipinski definition) is 1. The lowest BCUT2D eigenvalue weighted by Gasteiger charge is -2.31. The highest BCUT2D eigenvalue weighted by Gasteiger charge is 2.28. The monoisotopic (exact) mass is 310 g/mol. The summed E-state index contributed by atoms with van der Waals surface area (Å²) in [7, 11) is 0. The van der Waals surface area contributed by atoms with Gasteiger partial charge in [-0.3, -0.25) is 9.59 Å². The Morgan fingerprint density at radius 2 is 1.95 bits per heavy atom. The fourth-order valence-electron chi connectivity index (χ4n) is 2.57. The zero-order valence-corrected chi connectivity index (χ0v) is 12.6.